The summed E-state index contributed by atoms with van der Waals surface area (Å²) in [5, 5.41) is 2.85. The first-order valence-corrected chi connectivity index (χ1v) is 8.42. The van der Waals surface area contributed by atoms with Crippen LogP contribution in [0.1, 0.15) is 17.5 Å². The number of carbonyl (C=O) groups is 2. The van der Waals surface area contributed by atoms with Gasteiger partial charge >= 0.3 is 0 Å². The Morgan fingerprint density at radius 3 is 2.46 bits per heavy atom. The molecule has 1 heterocycles. The van der Waals surface area contributed by atoms with Crippen molar-refractivity contribution in [1.82, 2.24) is 0 Å². The van der Waals surface area contributed by atoms with Gasteiger partial charge in [-0.05, 0) is 31.2 Å². The third kappa shape index (κ3) is 3.46. The standard InChI is InChI=1S/C18H16Cl2N2O2/c1-11-2-5-13(6-3-11)22-17(23)9-16(18(22)24)21-10-12-4-7-14(19)15(20)8-12/h2-8,16,21H,9-10H2,1H3/p+1/t16-/m1/s1. The fourth-order valence-corrected chi connectivity index (χ4v) is 3.07. The van der Waals surface area contributed by atoms with E-state index < -0.39 is 6.04 Å². The van der Waals surface area contributed by atoms with Crippen LogP contribution in [0.4, 0.5) is 5.69 Å². The molecule has 2 aromatic carbocycles. The molecular formula is C18H17Cl2N2O2+. The number of nitrogens with zero attached hydrogens (tertiary/aromatic N) is 1. The van der Waals surface area contributed by atoms with E-state index in [0.29, 0.717) is 22.3 Å². The predicted molar refractivity (Wildman–Crippen MR) is 94.2 cm³/mol. The molecule has 0 bridgehead atoms. The number of aryl methyl sites for hydroxylation is 1. The molecule has 1 aliphatic heterocycles. The van der Waals surface area contributed by atoms with Crippen molar-refractivity contribution in [3.63, 3.8) is 0 Å². The Hall–Kier alpha value is -1.88. The van der Waals surface area contributed by atoms with Gasteiger partial charge in [0.05, 0.1) is 22.2 Å². The van der Waals surface area contributed by atoms with Gasteiger partial charge in [0.2, 0.25) is 5.91 Å². The van der Waals surface area contributed by atoms with Gasteiger partial charge in [-0.15, -0.1) is 0 Å². The number of carbonyl (C=O) groups excluding carboxylic acids is 2. The molecule has 2 amide bonds. The predicted octanol–water partition coefficient (Wildman–Crippen LogP) is 2.70. The quantitative estimate of drug-likeness (QED) is 0.849. The second-order valence-corrected chi connectivity index (χ2v) is 6.72. The zero-order chi connectivity index (χ0) is 17.3. The molecule has 0 radical (unpaired) electrons. The average Bonchev–Trinajstić information content (AvgIpc) is 2.84. The van der Waals surface area contributed by atoms with Crippen molar-refractivity contribution in [3.8, 4) is 0 Å². The highest BCUT2D eigenvalue weighted by molar-refractivity contribution is 6.42. The second-order valence-electron chi connectivity index (χ2n) is 5.90. The first-order valence-electron chi connectivity index (χ1n) is 7.66. The maximum atomic E-state index is 12.6. The van der Waals surface area contributed by atoms with E-state index in [-0.39, 0.29) is 18.2 Å². The molecule has 124 valence electrons. The smallest absolute Gasteiger partial charge is 0.292 e. The number of amides is 2. The Kier molecular flexibility index (Phi) is 4.90. The lowest BCUT2D eigenvalue weighted by molar-refractivity contribution is -0.690. The summed E-state index contributed by atoms with van der Waals surface area (Å²) in [6, 6.07) is 12.3. The van der Waals surface area contributed by atoms with Crippen LogP contribution in [-0.2, 0) is 16.1 Å². The van der Waals surface area contributed by atoms with E-state index in [4.69, 9.17) is 23.2 Å². The number of nitrogens with two attached hydrogens (primary N) is 1. The minimum atomic E-state index is -0.409. The van der Waals surface area contributed by atoms with E-state index in [1.165, 1.54) is 4.90 Å². The molecule has 2 N–H and O–H groups in total. The molecule has 2 aromatic rings. The minimum absolute atomic E-state index is 0.167. The zero-order valence-corrected chi connectivity index (χ0v) is 14.6. The lowest BCUT2D eigenvalue weighted by Crippen LogP contribution is -2.90. The van der Waals surface area contributed by atoms with Crippen molar-refractivity contribution in [3.05, 3.63) is 63.6 Å². The van der Waals surface area contributed by atoms with Crippen LogP contribution in [0.25, 0.3) is 0 Å². The van der Waals surface area contributed by atoms with Crippen molar-refractivity contribution >= 4 is 40.7 Å². The first kappa shape index (κ1) is 17.0. The average molecular weight is 364 g/mol. The summed E-state index contributed by atoms with van der Waals surface area (Å²) in [5.74, 6) is -0.344. The molecule has 24 heavy (non-hydrogen) atoms. The molecule has 1 aliphatic rings. The maximum Gasteiger partial charge on any atom is 0.292 e. The number of rotatable bonds is 4. The lowest BCUT2D eigenvalue weighted by Gasteiger charge is -2.14. The van der Waals surface area contributed by atoms with Gasteiger partial charge in [-0.3, -0.25) is 9.59 Å². The van der Waals surface area contributed by atoms with Crippen molar-refractivity contribution in [2.45, 2.75) is 25.9 Å². The molecule has 3 rings (SSSR count). The topological polar surface area (TPSA) is 54.0 Å². The minimum Gasteiger partial charge on any atom is -0.332 e. The highest BCUT2D eigenvalue weighted by atomic mass is 35.5. The monoisotopic (exact) mass is 363 g/mol. The maximum absolute atomic E-state index is 12.6. The van der Waals surface area contributed by atoms with Crippen LogP contribution in [-0.4, -0.2) is 17.9 Å². The van der Waals surface area contributed by atoms with Gasteiger partial charge in [0, 0.05) is 5.56 Å². The molecule has 4 nitrogen and oxygen atoms in total. The highest BCUT2D eigenvalue weighted by Crippen LogP contribution is 2.23. The number of hydrogen-bond acceptors (Lipinski definition) is 2. The molecule has 1 saturated heterocycles. The Morgan fingerprint density at radius 1 is 1.08 bits per heavy atom. The number of imide groups is 1. The van der Waals surface area contributed by atoms with Crippen LogP contribution in [0.3, 0.4) is 0 Å². The molecule has 0 unspecified atom stereocenters. The number of benzene rings is 2. The Morgan fingerprint density at radius 2 is 1.79 bits per heavy atom. The van der Waals surface area contributed by atoms with Gasteiger partial charge in [0.25, 0.3) is 5.91 Å². The fraction of sp³-hybridized carbons (Fsp3) is 0.222. The summed E-state index contributed by atoms with van der Waals surface area (Å²) >= 11 is 11.9. The molecule has 1 atom stereocenters. The van der Waals surface area contributed by atoms with Crippen LogP contribution in [0, 0.1) is 6.92 Å². The van der Waals surface area contributed by atoms with E-state index in [1.54, 1.807) is 24.3 Å². The third-order valence-corrected chi connectivity index (χ3v) is 4.83. The summed E-state index contributed by atoms with van der Waals surface area (Å²) in [6.45, 7) is 2.52. The number of quaternary nitrogens is 1. The van der Waals surface area contributed by atoms with E-state index in [2.05, 4.69) is 0 Å². The lowest BCUT2D eigenvalue weighted by atomic mass is 10.2. The van der Waals surface area contributed by atoms with Crippen molar-refractivity contribution in [1.29, 1.82) is 0 Å². The van der Waals surface area contributed by atoms with Crippen LogP contribution in [0.2, 0.25) is 10.0 Å². The zero-order valence-electron chi connectivity index (χ0n) is 13.1. The molecule has 0 aromatic heterocycles. The normalized spacial score (nSPS) is 17.6. The van der Waals surface area contributed by atoms with E-state index >= 15 is 0 Å². The summed E-state index contributed by atoms with van der Waals surface area (Å²) in [7, 11) is 0. The summed E-state index contributed by atoms with van der Waals surface area (Å²) < 4.78 is 0. The highest BCUT2D eigenvalue weighted by Gasteiger charge is 2.42. The SMILES string of the molecule is Cc1ccc(N2C(=O)C[C@@H]([NH2+]Cc3ccc(Cl)c(Cl)c3)C2=O)cc1. The summed E-state index contributed by atoms with van der Waals surface area (Å²) in [5.41, 5.74) is 2.67. The number of halogens is 2. The van der Waals surface area contributed by atoms with Gasteiger partial charge in [-0.1, -0.05) is 47.0 Å². The largest absolute Gasteiger partial charge is 0.332 e. The van der Waals surface area contributed by atoms with Crippen molar-refractivity contribution in [2.24, 2.45) is 0 Å². The number of hydrogen-bond donors (Lipinski definition) is 1. The Balaban J connectivity index is 1.69. The Labute approximate surface area is 150 Å². The van der Waals surface area contributed by atoms with E-state index in [0.717, 1.165) is 11.1 Å². The number of anilines is 1. The van der Waals surface area contributed by atoms with E-state index in [1.807, 2.05) is 30.4 Å². The molecule has 1 fully saturated rings. The van der Waals surface area contributed by atoms with Crippen molar-refractivity contribution < 1.29 is 14.9 Å². The summed E-state index contributed by atoms with van der Waals surface area (Å²) in [6.07, 6.45) is 0.202. The van der Waals surface area contributed by atoms with Gasteiger partial charge < -0.3 is 5.32 Å². The second kappa shape index (κ2) is 6.93. The van der Waals surface area contributed by atoms with Crippen LogP contribution in [0.15, 0.2) is 42.5 Å². The van der Waals surface area contributed by atoms with Crippen LogP contribution >= 0.6 is 23.2 Å². The Bertz CT molecular complexity index is 790. The fourth-order valence-electron chi connectivity index (χ4n) is 2.75. The van der Waals surface area contributed by atoms with Gasteiger partial charge in [0.1, 0.15) is 6.54 Å². The van der Waals surface area contributed by atoms with Gasteiger partial charge in [-0.25, -0.2) is 4.90 Å². The third-order valence-electron chi connectivity index (χ3n) is 4.10. The van der Waals surface area contributed by atoms with Crippen molar-refractivity contribution in [2.75, 3.05) is 4.90 Å². The molecule has 0 spiro atoms. The molecular weight excluding hydrogens is 347 g/mol. The van der Waals surface area contributed by atoms with E-state index in [9.17, 15) is 9.59 Å². The van der Waals surface area contributed by atoms with Crippen LogP contribution < -0.4 is 10.2 Å². The van der Waals surface area contributed by atoms with Gasteiger partial charge in [0.15, 0.2) is 6.04 Å². The molecule has 0 aliphatic carbocycles. The van der Waals surface area contributed by atoms with Crippen LogP contribution in [0.5, 0.6) is 0 Å². The summed E-state index contributed by atoms with van der Waals surface area (Å²) in [4.78, 5) is 26.1. The van der Waals surface area contributed by atoms with Gasteiger partial charge in [-0.2, -0.15) is 0 Å². The first-order chi connectivity index (χ1) is 11.5. The molecule has 6 heteroatoms. The molecule has 0 saturated carbocycles.